The Morgan fingerprint density at radius 3 is 2.40 bits per heavy atom. The number of hydrogen-bond acceptors (Lipinski definition) is 4. The van der Waals surface area contributed by atoms with Gasteiger partial charge in [0.2, 0.25) is 0 Å². The maximum atomic E-state index is 5.42. The van der Waals surface area contributed by atoms with Crippen molar-refractivity contribution in [1.82, 2.24) is 10.6 Å². The van der Waals surface area contributed by atoms with Crippen LogP contribution >= 0.6 is 0 Å². The van der Waals surface area contributed by atoms with Gasteiger partial charge in [-0.3, -0.25) is 4.99 Å². The number of methoxy groups -OCH3 is 2. The summed E-state index contributed by atoms with van der Waals surface area (Å²) >= 11 is 0. The maximum Gasteiger partial charge on any atom is 0.191 e. The zero-order valence-electron chi connectivity index (χ0n) is 18.1. The lowest BCUT2D eigenvalue weighted by molar-refractivity contribution is 0.394. The van der Waals surface area contributed by atoms with Crippen LogP contribution in [-0.4, -0.2) is 52.9 Å². The van der Waals surface area contributed by atoms with Gasteiger partial charge in [0.15, 0.2) is 5.96 Å². The highest BCUT2D eigenvalue weighted by Crippen LogP contribution is 2.47. The van der Waals surface area contributed by atoms with E-state index in [2.05, 4.69) is 63.0 Å². The third-order valence-electron chi connectivity index (χ3n) is 6.29. The molecule has 6 heteroatoms. The van der Waals surface area contributed by atoms with E-state index >= 15 is 0 Å². The number of ether oxygens (including phenoxy) is 2. The number of aliphatic imine (C=N–C) groups is 1. The number of rotatable bonds is 7. The van der Waals surface area contributed by atoms with Gasteiger partial charge in [0, 0.05) is 62.0 Å². The highest BCUT2D eigenvalue weighted by atomic mass is 16.5. The van der Waals surface area contributed by atoms with Gasteiger partial charge in [-0.25, -0.2) is 0 Å². The lowest BCUT2D eigenvalue weighted by atomic mass is 9.96. The van der Waals surface area contributed by atoms with Crippen molar-refractivity contribution in [3.8, 4) is 11.5 Å². The van der Waals surface area contributed by atoms with Gasteiger partial charge in [0.25, 0.3) is 0 Å². The first-order valence-electron chi connectivity index (χ1n) is 10.7. The van der Waals surface area contributed by atoms with Crippen molar-refractivity contribution >= 4 is 11.6 Å². The fourth-order valence-corrected chi connectivity index (χ4v) is 4.24. The summed E-state index contributed by atoms with van der Waals surface area (Å²) in [5, 5.41) is 7.18. The molecular weight excluding hydrogens is 376 g/mol. The van der Waals surface area contributed by atoms with Crippen molar-refractivity contribution in [2.45, 2.75) is 30.7 Å². The molecule has 2 aromatic rings. The van der Waals surface area contributed by atoms with E-state index in [1.165, 1.54) is 18.4 Å². The molecule has 1 unspecified atom stereocenters. The minimum absolute atomic E-state index is 0.262. The largest absolute Gasteiger partial charge is 0.497 e. The quantitative estimate of drug-likeness (QED) is 0.544. The molecule has 2 aromatic carbocycles. The summed E-state index contributed by atoms with van der Waals surface area (Å²) in [4.78, 5) is 6.83. The summed E-state index contributed by atoms with van der Waals surface area (Å²) in [5.74, 6) is 2.51. The Morgan fingerprint density at radius 2 is 1.80 bits per heavy atom. The van der Waals surface area contributed by atoms with Crippen molar-refractivity contribution < 1.29 is 9.47 Å². The van der Waals surface area contributed by atoms with Gasteiger partial charge in [-0.15, -0.1) is 0 Å². The van der Waals surface area contributed by atoms with Crippen LogP contribution in [0.1, 0.15) is 24.8 Å². The smallest absolute Gasteiger partial charge is 0.191 e. The molecule has 1 atom stereocenters. The molecule has 0 bridgehead atoms. The van der Waals surface area contributed by atoms with Gasteiger partial charge in [0.05, 0.1) is 14.2 Å². The van der Waals surface area contributed by atoms with Crippen LogP contribution in [0.4, 0.5) is 5.69 Å². The van der Waals surface area contributed by atoms with E-state index in [1.807, 2.05) is 13.1 Å². The summed E-state index contributed by atoms with van der Waals surface area (Å²) in [7, 11) is 5.21. The first-order chi connectivity index (χ1) is 14.7. The predicted octanol–water partition coefficient (Wildman–Crippen LogP) is 3.18. The van der Waals surface area contributed by atoms with Crippen LogP contribution in [0.15, 0.2) is 53.5 Å². The molecule has 160 valence electrons. The van der Waals surface area contributed by atoms with Crippen LogP contribution in [0.2, 0.25) is 0 Å². The van der Waals surface area contributed by atoms with E-state index in [0.717, 1.165) is 49.2 Å². The molecule has 2 aliphatic rings. The molecule has 1 saturated carbocycles. The number of nitrogens with zero attached hydrogens (tertiary/aromatic N) is 2. The van der Waals surface area contributed by atoms with Gasteiger partial charge in [-0.2, -0.15) is 0 Å². The third-order valence-corrected chi connectivity index (χ3v) is 6.29. The Balaban J connectivity index is 1.33. The lowest BCUT2D eigenvalue weighted by Crippen LogP contribution is -2.46. The van der Waals surface area contributed by atoms with E-state index in [4.69, 9.17) is 9.47 Å². The van der Waals surface area contributed by atoms with Crippen LogP contribution < -0.4 is 25.0 Å². The summed E-state index contributed by atoms with van der Waals surface area (Å²) < 4.78 is 10.8. The molecule has 0 spiro atoms. The standard InChI is InChI=1S/C24H32N4O2/c1-25-23(26-17-24(10-11-24)18-7-5-4-6-8-18)27-19-9-12-28(16-19)20-13-21(29-2)15-22(14-20)30-3/h4-8,13-15,19H,9-12,16-17H2,1-3H3,(H2,25,26,27). The maximum absolute atomic E-state index is 5.42. The molecule has 4 rings (SSSR count). The van der Waals surface area contributed by atoms with Gasteiger partial charge in [-0.05, 0) is 24.8 Å². The zero-order valence-corrected chi connectivity index (χ0v) is 18.1. The van der Waals surface area contributed by atoms with E-state index in [1.54, 1.807) is 14.2 Å². The van der Waals surface area contributed by atoms with Crippen LogP contribution in [0.3, 0.4) is 0 Å². The molecule has 0 radical (unpaired) electrons. The first-order valence-corrected chi connectivity index (χ1v) is 10.7. The van der Waals surface area contributed by atoms with Gasteiger partial charge >= 0.3 is 0 Å². The molecule has 1 heterocycles. The fraction of sp³-hybridized carbons (Fsp3) is 0.458. The first kappa shape index (κ1) is 20.4. The zero-order chi connectivity index (χ0) is 21.0. The van der Waals surface area contributed by atoms with E-state index in [0.29, 0.717) is 6.04 Å². The van der Waals surface area contributed by atoms with E-state index in [9.17, 15) is 0 Å². The Morgan fingerprint density at radius 1 is 1.10 bits per heavy atom. The Bertz CT molecular complexity index is 858. The highest BCUT2D eigenvalue weighted by Gasteiger charge is 2.44. The van der Waals surface area contributed by atoms with Crippen LogP contribution in [0.25, 0.3) is 0 Å². The van der Waals surface area contributed by atoms with Gasteiger partial charge in [0.1, 0.15) is 11.5 Å². The molecule has 0 amide bonds. The van der Waals surface area contributed by atoms with Crippen molar-refractivity contribution in [2.75, 3.05) is 45.8 Å². The Hall–Kier alpha value is -2.89. The molecule has 0 aromatic heterocycles. The minimum atomic E-state index is 0.262. The topological polar surface area (TPSA) is 58.1 Å². The number of nitrogens with one attached hydrogen (secondary N) is 2. The van der Waals surface area contributed by atoms with E-state index < -0.39 is 0 Å². The van der Waals surface area contributed by atoms with Crippen LogP contribution in [0.5, 0.6) is 11.5 Å². The third kappa shape index (κ3) is 4.48. The van der Waals surface area contributed by atoms with Crippen molar-refractivity contribution in [3.63, 3.8) is 0 Å². The second-order valence-electron chi connectivity index (χ2n) is 8.22. The van der Waals surface area contributed by atoms with Gasteiger partial charge < -0.3 is 25.0 Å². The number of benzene rings is 2. The Kier molecular flexibility index (Phi) is 6.02. The summed E-state index contributed by atoms with van der Waals surface area (Å²) in [5.41, 5.74) is 2.81. The predicted molar refractivity (Wildman–Crippen MR) is 122 cm³/mol. The molecule has 30 heavy (non-hydrogen) atoms. The Labute approximate surface area is 179 Å². The summed E-state index contributed by atoms with van der Waals surface area (Å²) in [6, 6.07) is 17.2. The fourth-order valence-electron chi connectivity index (χ4n) is 4.24. The molecule has 2 N–H and O–H groups in total. The van der Waals surface area contributed by atoms with Crippen LogP contribution in [0, 0.1) is 0 Å². The number of anilines is 1. The van der Waals surface area contributed by atoms with Gasteiger partial charge in [-0.1, -0.05) is 30.3 Å². The molecular formula is C24H32N4O2. The molecule has 1 aliphatic carbocycles. The summed E-state index contributed by atoms with van der Waals surface area (Å²) in [6.45, 7) is 2.82. The monoisotopic (exact) mass is 408 g/mol. The second-order valence-corrected chi connectivity index (χ2v) is 8.22. The van der Waals surface area contributed by atoms with Crippen molar-refractivity contribution in [1.29, 1.82) is 0 Å². The SMILES string of the molecule is CN=C(NCC1(c2ccccc2)CC1)NC1CCN(c2cc(OC)cc(OC)c2)C1. The number of guanidine groups is 1. The van der Waals surface area contributed by atoms with Crippen molar-refractivity contribution in [3.05, 3.63) is 54.1 Å². The average Bonchev–Trinajstić information content (AvgIpc) is 3.46. The highest BCUT2D eigenvalue weighted by molar-refractivity contribution is 5.80. The van der Waals surface area contributed by atoms with Crippen LogP contribution in [-0.2, 0) is 5.41 Å². The molecule has 1 aliphatic heterocycles. The van der Waals surface area contributed by atoms with E-state index in [-0.39, 0.29) is 5.41 Å². The molecule has 1 saturated heterocycles. The second kappa shape index (κ2) is 8.86. The van der Waals surface area contributed by atoms with Crippen molar-refractivity contribution in [2.24, 2.45) is 4.99 Å². The molecule has 6 nitrogen and oxygen atoms in total. The lowest BCUT2D eigenvalue weighted by Gasteiger charge is -2.23. The average molecular weight is 409 g/mol. The normalized spacial score (nSPS) is 20.0. The molecule has 2 fully saturated rings. The number of hydrogen-bond donors (Lipinski definition) is 2. The minimum Gasteiger partial charge on any atom is -0.497 e. The summed E-state index contributed by atoms with van der Waals surface area (Å²) in [6.07, 6.45) is 3.52.